The number of benzene rings is 3. The van der Waals surface area contributed by atoms with E-state index in [4.69, 9.17) is 35.4 Å². The van der Waals surface area contributed by atoms with Crippen LogP contribution in [0, 0.1) is 0 Å². The van der Waals surface area contributed by atoms with Crippen LogP contribution in [0.15, 0.2) is 66.7 Å². The molecule has 3 amide bonds. The molecule has 2 N–H and O–H groups in total. The summed E-state index contributed by atoms with van der Waals surface area (Å²) in [5.41, 5.74) is 1.39. The molecule has 6 nitrogen and oxygen atoms in total. The van der Waals surface area contributed by atoms with E-state index in [0.29, 0.717) is 16.4 Å². The highest BCUT2D eigenvalue weighted by molar-refractivity contribution is 7.80. The number of imide groups is 1. The lowest BCUT2D eigenvalue weighted by molar-refractivity contribution is 0.0924. The number of hydrogen-bond donors (Lipinski definition) is 2. The molecule has 1 heterocycles. The third-order valence-corrected chi connectivity index (χ3v) is 5.33. The summed E-state index contributed by atoms with van der Waals surface area (Å²) >= 11 is 17.1. The van der Waals surface area contributed by atoms with E-state index in [-0.39, 0.29) is 26.8 Å². The molecule has 0 radical (unpaired) electrons. The van der Waals surface area contributed by atoms with E-state index >= 15 is 0 Å². The van der Waals surface area contributed by atoms with Crippen LogP contribution < -0.4 is 15.5 Å². The van der Waals surface area contributed by atoms with E-state index in [0.717, 1.165) is 4.90 Å². The number of halogens is 2. The maximum atomic E-state index is 13.0. The molecule has 0 atom stereocenters. The first-order valence-corrected chi connectivity index (χ1v) is 10.2. The van der Waals surface area contributed by atoms with Crippen molar-refractivity contribution in [2.45, 2.75) is 0 Å². The molecule has 4 rings (SSSR count). The number of nitrogens with one attached hydrogen (secondary N) is 2. The second kappa shape index (κ2) is 8.47. The van der Waals surface area contributed by atoms with Crippen LogP contribution in [0.4, 0.5) is 11.4 Å². The van der Waals surface area contributed by atoms with Gasteiger partial charge in [0.25, 0.3) is 17.7 Å². The summed E-state index contributed by atoms with van der Waals surface area (Å²) < 4.78 is 0. The number of para-hydroxylation sites is 1. The average Bonchev–Trinajstić information content (AvgIpc) is 2.99. The first-order valence-electron chi connectivity index (χ1n) is 9.01. The molecule has 0 spiro atoms. The predicted molar refractivity (Wildman–Crippen MR) is 124 cm³/mol. The zero-order valence-electron chi connectivity index (χ0n) is 15.7. The lowest BCUT2D eigenvalue weighted by Gasteiger charge is -2.14. The molecule has 0 saturated heterocycles. The molecule has 0 aromatic heterocycles. The van der Waals surface area contributed by atoms with E-state index in [1.54, 1.807) is 48.5 Å². The number of fused-ring (bicyclic) bond motifs is 1. The number of carbonyl (C=O) groups excluding carboxylic acids is 3. The van der Waals surface area contributed by atoms with Gasteiger partial charge in [0.05, 0.1) is 33.1 Å². The molecule has 1 aliphatic heterocycles. The molecule has 1 aliphatic rings. The van der Waals surface area contributed by atoms with Crippen LogP contribution in [0.5, 0.6) is 0 Å². The molecule has 0 bridgehead atoms. The minimum absolute atomic E-state index is 0.0529. The van der Waals surface area contributed by atoms with E-state index in [1.807, 2.05) is 0 Å². The topological polar surface area (TPSA) is 78.5 Å². The number of rotatable bonds is 3. The van der Waals surface area contributed by atoms with Gasteiger partial charge < -0.3 is 5.32 Å². The molecule has 0 unspecified atom stereocenters. The maximum absolute atomic E-state index is 13.0. The Balaban J connectivity index is 1.57. The van der Waals surface area contributed by atoms with Crippen LogP contribution in [0.25, 0.3) is 0 Å². The van der Waals surface area contributed by atoms with Gasteiger partial charge in [0, 0.05) is 5.02 Å². The normalized spacial score (nSPS) is 12.5. The van der Waals surface area contributed by atoms with Crippen LogP contribution in [0.1, 0.15) is 31.1 Å². The van der Waals surface area contributed by atoms with Crippen molar-refractivity contribution in [3.63, 3.8) is 0 Å². The van der Waals surface area contributed by atoms with Gasteiger partial charge in [-0.3, -0.25) is 19.7 Å². The maximum Gasteiger partial charge on any atom is 0.268 e. The van der Waals surface area contributed by atoms with Gasteiger partial charge in [0.15, 0.2) is 5.11 Å². The number of carbonyl (C=O) groups is 3. The highest BCUT2D eigenvalue weighted by Crippen LogP contribution is 2.32. The van der Waals surface area contributed by atoms with Gasteiger partial charge in [-0.25, -0.2) is 4.90 Å². The average molecular weight is 470 g/mol. The monoisotopic (exact) mass is 469 g/mol. The van der Waals surface area contributed by atoms with Crippen LogP contribution in [0.3, 0.4) is 0 Å². The number of amides is 3. The molecule has 3 aromatic rings. The Morgan fingerprint density at radius 2 is 1.65 bits per heavy atom. The quantitative estimate of drug-likeness (QED) is 0.420. The molecule has 0 saturated carbocycles. The van der Waals surface area contributed by atoms with Crippen LogP contribution in [0.2, 0.25) is 10.0 Å². The van der Waals surface area contributed by atoms with Crippen molar-refractivity contribution in [3.8, 4) is 0 Å². The predicted octanol–water partition coefficient (Wildman–Crippen LogP) is 4.92. The lowest BCUT2D eigenvalue weighted by atomic mass is 10.1. The summed E-state index contributed by atoms with van der Waals surface area (Å²) in [6.07, 6.45) is 0. The Kier molecular flexibility index (Phi) is 5.73. The second-order valence-corrected chi connectivity index (χ2v) is 7.79. The number of thiocarbonyl (C=S) groups is 1. The highest BCUT2D eigenvalue weighted by Gasteiger charge is 2.38. The Labute approximate surface area is 192 Å². The van der Waals surface area contributed by atoms with Gasteiger partial charge in [-0.15, -0.1) is 0 Å². The van der Waals surface area contributed by atoms with Crippen molar-refractivity contribution >= 4 is 69.6 Å². The Morgan fingerprint density at radius 3 is 2.35 bits per heavy atom. The summed E-state index contributed by atoms with van der Waals surface area (Å²) in [6.45, 7) is 0. The first-order chi connectivity index (χ1) is 14.9. The third kappa shape index (κ3) is 4.03. The Bertz CT molecular complexity index is 1250. The minimum Gasteiger partial charge on any atom is -0.332 e. The zero-order valence-corrected chi connectivity index (χ0v) is 18.0. The van der Waals surface area contributed by atoms with Gasteiger partial charge in [0.1, 0.15) is 0 Å². The van der Waals surface area contributed by atoms with Crippen LogP contribution >= 0.6 is 35.4 Å². The fraction of sp³-hybridized carbons (Fsp3) is 0. The van der Waals surface area contributed by atoms with E-state index in [1.165, 1.54) is 18.2 Å². The minimum atomic E-state index is -0.542. The smallest absolute Gasteiger partial charge is 0.268 e. The molecule has 3 aromatic carbocycles. The molecule has 154 valence electrons. The summed E-state index contributed by atoms with van der Waals surface area (Å²) in [7, 11) is 0. The van der Waals surface area contributed by atoms with Crippen molar-refractivity contribution < 1.29 is 14.4 Å². The second-order valence-electron chi connectivity index (χ2n) is 6.54. The van der Waals surface area contributed by atoms with Gasteiger partial charge in [0.2, 0.25) is 0 Å². The summed E-state index contributed by atoms with van der Waals surface area (Å²) in [5.74, 6) is -1.46. The van der Waals surface area contributed by atoms with Crippen molar-refractivity contribution in [3.05, 3.63) is 93.5 Å². The largest absolute Gasteiger partial charge is 0.332 e. The van der Waals surface area contributed by atoms with Gasteiger partial charge in [-0.05, 0) is 54.7 Å². The van der Waals surface area contributed by atoms with E-state index < -0.39 is 17.7 Å². The lowest BCUT2D eigenvalue weighted by Crippen LogP contribution is -2.35. The van der Waals surface area contributed by atoms with Crippen LogP contribution in [-0.2, 0) is 0 Å². The molecule has 0 aliphatic carbocycles. The first kappa shape index (κ1) is 21.0. The fourth-order valence-corrected chi connectivity index (χ4v) is 3.90. The molecule has 9 heteroatoms. The number of anilines is 2. The molecule has 0 fully saturated rings. The van der Waals surface area contributed by atoms with Crippen molar-refractivity contribution in [1.82, 2.24) is 5.32 Å². The summed E-state index contributed by atoms with van der Waals surface area (Å²) in [5, 5.41) is 5.85. The van der Waals surface area contributed by atoms with E-state index in [2.05, 4.69) is 10.6 Å². The Morgan fingerprint density at radius 1 is 0.903 bits per heavy atom. The number of hydrogen-bond acceptors (Lipinski definition) is 4. The molecular formula is C22H13Cl2N3O3S. The summed E-state index contributed by atoms with van der Waals surface area (Å²) in [6, 6.07) is 17.9. The van der Waals surface area contributed by atoms with Crippen molar-refractivity contribution in [1.29, 1.82) is 0 Å². The van der Waals surface area contributed by atoms with Crippen LogP contribution in [-0.4, -0.2) is 22.8 Å². The fourth-order valence-electron chi connectivity index (χ4n) is 3.20. The zero-order chi connectivity index (χ0) is 22.1. The molecular weight excluding hydrogens is 457 g/mol. The van der Waals surface area contributed by atoms with Crippen molar-refractivity contribution in [2.75, 3.05) is 10.2 Å². The SMILES string of the molecule is O=C(NC(=S)Nc1cccc2c1C(=O)N(c1ccccc1)C2=O)c1ccc(Cl)cc1Cl. The van der Waals surface area contributed by atoms with Gasteiger partial charge in [-0.1, -0.05) is 47.5 Å². The third-order valence-electron chi connectivity index (χ3n) is 4.58. The number of nitrogens with zero attached hydrogens (tertiary/aromatic N) is 1. The summed E-state index contributed by atoms with van der Waals surface area (Å²) in [4.78, 5) is 39.4. The van der Waals surface area contributed by atoms with Gasteiger partial charge >= 0.3 is 0 Å². The standard InChI is InChI=1S/C22H13Cl2N3O3S/c23-12-9-10-14(16(24)11-12)19(28)26-22(31)25-17-8-4-7-15-18(17)21(30)27(20(15)29)13-5-2-1-3-6-13/h1-11H,(H2,25,26,28,31). The van der Waals surface area contributed by atoms with Gasteiger partial charge in [-0.2, -0.15) is 0 Å². The Hall–Kier alpha value is -3.26. The van der Waals surface area contributed by atoms with E-state index in [9.17, 15) is 14.4 Å². The van der Waals surface area contributed by atoms with Crippen molar-refractivity contribution in [2.24, 2.45) is 0 Å². The highest BCUT2D eigenvalue weighted by atomic mass is 35.5. The molecule has 31 heavy (non-hydrogen) atoms.